The third-order valence-electron chi connectivity index (χ3n) is 4.11. The number of carbonyl (C=O) groups is 2. The zero-order valence-electron chi connectivity index (χ0n) is 15.3. The number of carbonyl (C=O) groups excluding carboxylic acids is 2. The molecule has 2 aromatic rings. The minimum Gasteiger partial charge on any atom is -0.445 e. The summed E-state index contributed by atoms with van der Waals surface area (Å²) < 4.78 is 5.12. The van der Waals surface area contributed by atoms with Crippen molar-refractivity contribution >= 4 is 35.1 Å². The van der Waals surface area contributed by atoms with Crippen LogP contribution in [0, 0.1) is 0 Å². The molecule has 0 spiro atoms. The predicted octanol–water partition coefficient (Wildman–Crippen LogP) is 2.82. The van der Waals surface area contributed by atoms with E-state index in [1.54, 1.807) is 0 Å². The first-order valence-electron chi connectivity index (χ1n) is 9.03. The van der Waals surface area contributed by atoms with Crippen LogP contribution in [0.2, 0.25) is 0 Å². The lowest BCUT2D eigenvalue weighted by Gasteiger charge is -2.18. The number of alkyl carbamates (subject to hydrolysis) is 1. The molecule has 3 rings (SSSR count). The van der Waals surface area contributed by atoms with Gasteiger partial charge in [0, 0.05) is 23.7 Å². The van der Waals surface area contributed by atoms with Crippen LogP contribution < -0.4 is 16.0 Å². The van der Waals surface area contributed by atoms with Crippen LogP contribution in [0.15, 0.2) is 53.4 Å². The van der Waals surface area contributed by atoms with E-state index in [-0.39, 0.29) is 12.5 Å². The molecule has 2 aromatic carbocycles. The fourth-order valence-electron chi connectivity index (χ4n) is 2.65. The van der Waals surface area contributed by atoms with Crippen LogP contribution in [0.1, 0.15) is 12.0 Å². The van der Waals surface area contributed by atoms with Crippen LogP contribution in [0.25, 0.3) is 0 Å². The van der Waals surface area contributed by atoms with Gasteiger partial charge in [-0.15, -0.1) is 11.8 Å². The SMILES string of the molecule is O=C1CSc2ccc(NCC(O)CCNC(=O)OCc3ccccc3)cc2N1. The van der Waals surface area contributed by atoms with Crippen LogP contribution in [0.3, 0.4) is 0 Å². The Morgan fingerprint density at radius 1 is 1.25 bits per heavy atom. The predicted molar refractivity (Wildman–Crippen MR) is 110 cm³/mol. The van der Waals surface area contributed by atoms with Gasteiger partial charge in [0.1, 0.15) is 6.61 Å². The van der Waals surface area contributed by atoms with Crippen molar-refractivity contribution in [1.29, 1.82) is 0 Å². The molecule has 0 saturated heterocycles. The molecular weight excluding hydrogens is 378 g/mol. The van der Waals surface area contributed by atoms with E-state index in [4.69, 9.17) is 4.74 Å². The van der Waals surface area contributed by atoms with Gasteiger partial charge in [-0.2, -0.15) is 0 Å². The molecule has 1 atom stereocenters. The number of nitrogens with one attached hydrogen (secondary N) is 3. The van der Waals surface area contributed by atoms with E-state index < -0.39 is 12.2 Å². The molecule has 1 heterocycles. The molecule has 28 heavy (non-hydrogen) atoms. The third-order valence-corrected chi connectivity index (χ3v) is 5.19. The number of aliphatic hydroxyl groups excluding tert-OH is 1. The lowest BCUT2D eigenvalue weighted by Crippen LogP contribution is -2.30. The topological polar surface area (TPSA) is 99.7 Å². The Morgan fingerprint density at radius 3 is 2.89 bits per heavy atom. The Morgan fingerprint density at radius 2 is 2.07 bits per heavy atom. The summed E-state index contributed by atoms with van der Waals surface area (Å²) in [6.45, 7) is 0.859. The van der Waals surface area contributed by atoms with E-state index in [0.717, 1.165) is 21.8 Å². The summed E-state index contributed by atoms with van der Waals surface area (Å²) in [7, 11) is 0. The quantitative estimate of drug-likeness (QED) is 0.543. The summed E-state index contributed by atoms with van der Waals surface area (Å²) in [4.78, 5) is 24.2. The highest BCUT2D eigenvalue weighted by Gasteiger charge is 2.15. The molecule has 0 saturated carbocycles. The number of hydrogen-bond acceptors (Lipinski definition) is 6. The second-order valence-electron chi connectivity index (χ2n) is 6.36. The van der Waals surface area contributed by atoms with Crippen LogP contribution in [-0.2, 0) is 16.1 Å². The van der Waals surface area contributed by atoms with Gasteiger partial charge in [0.15, 0.2) is 0 Å². The molecule has 0 bridgehead atoms. The number of hydrogen-bond donors (Lipinski definition) is 4. The smallest absolute Gasteiger partial charge is 0.407 e. The van der Waals surface area contributed by atoms with E-state index in [2.05, 4.69) is 16.0 Å². The number of fused-ring (bicyclic) bond motifs is 1. The maximum atomic E-state index is 11.7. The second kappa shape index (κ2) is 10.0. The molecule has 0 fully saturated rings. The maximum Gasteiger partial charge on any atom is 0.407 e. The molecule has 148 valence electrons. The van der Waals surface area contributed by atoms with Crippen LogP contribution in [0.4, 0.5) is 16.2 Å². The van der Waals surface area contributed by atoms with E-state index in [9.17, 15) is 14.7 Å². The van der Waals surface area contributed by atoms with Crippen LogP contribution >= 0.6 is 11.8 Å². The fraction of sp³-hybridized carbons (Fsp3) is 0.300. The Kier molecular flexibility index (Phi) is 7.16. The molecule has 2 amide bonds. The van der Waals surface area contributed by atoms with Crippen molar-refractivity contribution in [2.24, 2.45) is 0 Å². The van der Waals surface area contributed by atoms with Gasteiger partial charge in [0.2, 0.25) is 5.91 Å². The summed E-state index contributed by atoms with van der Waals surface area (Å²) >= 11 is 1.50. The highest BCUT2D eigenvalue weighted by molar-refractivity contribution is 8.00. The number of ether oxygens (including phenoxy) is 1. The molecule has 1 unspecified atom stereocenters. The van der Waals surface area contributed by atoms with Crippen LogP contribution in [0.5, 0.6) is 0 Å². The van der Waals surface area contributed by atoms with Gasteiger partial charge in [-0.1, -0.05) is 30.3 Å². The van der Waals surface area contributed by atoms with E-state index in [0.29, 0.717) is 25.3 Å². The zero-order valence-corrected chi connectivity index (χ0v) is 16.1. The lowest BCUT2D eigenvalue weighted by atomic mass is 10.2. The maximum absolute atomic E-state index is 11.7. The number of anilines is 2. The van der Waals surface area contributed by atoms with E-state index >= 15 is 0 Å². The number of benzene rings is 2. The average Bonchev–Trinajstić information content (AvgIpc) is 2.71. The highest BCUT2D eigenvalue weighted by atomic mass is 32.2. The van der Waals surface area contributed by atoms with Crippen molar-refractivity contribution in [2.45, 2.75) is 24.0 Å². The molecule has 0 radical (unpaired) electrons. The van der Waals surface area contributed by atoms with Crippen molar-refractivity contribution in [3.05, 3.63) is 54.1 Å². The van der Waals surface area contributed by atoms with E-state index in [1.807, 2.05) is 48.5 Å². The molecule has 8 heteroatoms. The van der Waals surface area contributed by atoms with Gasteiger partial charge in [-0.3, -0.25) is 4.79 Å². The average molecular weight is 401 g/mol. The van der Waals surface area contributed by atoms with Crippen LogP contribution in [-0.4, -0.2) is 42.1 Å². The van der Waals surface area contributed by atoms with Gasteiger partial charge in [-0.05, 0) is 30.2 Å². The Hall–Kier alpha value is -2.71. The zero-order chi connectivity index (χ0) is 19.8. The molecular formula is C20H23N3O4S. The van der Waals surface area contributed by atoms with Gasteiger partial charge < -0.3 is 25.8 Å². The molecule has 4 N–H and O–H groups in total. The highest BCUT2D eigenvalue weighted by Crippen LogP contribution is 2.33. The minimum absolute atomic E-state index is 0.0140. The van der Waals surface area contributed by atoms with Gasteiger partial charge >= 0.3 is 6.09 Å². The first kappa shape index (κ1) is 20.0. The Balaban J connectivity index is 1.33. The summed E-state index contributed by atoms with van der Waals surface area (Å²) in [5.74, 6) is 0.416. The Labute approximate surface area is 167 Å². The molecule has 0 aromatic heterocycles. The van der Waals surface area contributed by atoms with Gasteiger partial charge in [0.05, 0.1) is 17.5 Å². The first-order chi connectivity index (χ1) is 13.6. The number of thioether (sulfide) groups is 1. The van der Waals surface area contributed by atoms with Crippen molar-refractivity contribution in [1.82, 2.24) is 5.32 Å². The first-order valence-corrected chi connectivity index (χ1v) is 10.0. The summed E-state index contributed by atoms with van der Waals surface area (Å²) in [5.41, 5.74) is 2.51. The third kappa shape index (κ3) is 6.17. The minimum atomic E-state index is -0.630. The van der Waals surface area contributed by atoms with Crippen molar-refractivity contribution in [2.75, 3.05) is 29.5 Å². The molecule has 0 aliphatic carbocycles. The largest absolute Gasteiger partial charge is 0.445 e. The van der Waals surface area contributed by atoms with Gasteiger partial charge in [0.25, 0.3) is 0 Å². The molecule has 1 aliphatic heterocycles. The summed E-state index contributed by atoms with van der Waals surface area (Å²) in [6.07, 6.45) is -0.744. The lowest BCUT2D eigenvalue weighted by molar-refractivity contribution is -0.113. The standard InChI is InChI=1S/C20H23N3O4S/c24-16(8-9-21-20(26)27-12-14-4-2-1-3-5-14)11-22-15-6-7-18-17(10-15)23-19(25)13-28-18/h1-7,10,16,22,24H,8-9,11-13H2,(H,21,26)(H,23,25). The number of rotatable bonds is 8. The Bertz CT molecular complexity index is 816. The monoisotopic (exact) mass is 401 g/mol. The van der Waals surface area contributed by atoms with Crippen molar-refractivity contribution in [3.63, 3.8) is 0 Å². The van der Waals surface area contributed by atoms with E-state index in [1.165, 1.54) is 11.8 Å². The molecule has 1 aliphatic rings. The van der Waals surface area contributed by atoms with Crippen molar-refractivity contribution < 1.29 is 19.4 Å². The number of amides is 2. The fourth-order valence-corrected chi connectivity index (χ4v) is 3.43. The summed E-state index contributed by atoms with van der Waals surface area (Å²) in [6, 6.07) is 15.1. The summed E-state index contributed by atoms with van der Waals surface area (Å²) in [5, 5.41) is 18.7. The number of aliphatic hydroxyl groups is 1. The van der Waals surface area contributed by atoms with Crippen molar-refractivity contribution in [3.8, 4) is 0 Å². The van der Waals surface area contributed by atoms with Gasteiger partial charge in [-0.25, -0.2) is 4.79 Å². The molecule has 7 nitrogen and oxygen atoms in total. The second-order valence-corrected chi connectivity index (χ2v) is 7.38. The normalized spacial score (nSPS) is 13.8.